The molecule has 0 saturated carbocycles. The van der Waals surface area contributed by atoms with E-state index < -0.39 is 0 Å². The van der Waals surface area contributed by atoms with E-state index in [4.69, 9.17) is 4.74 Å². The number of nitrogens with zero attached hydrogens (tertiary/aromatic N) is 2. The van der Waals surface area contributed by atoms with Crippen LogP contribution in [-0.4, -0.2) is 72.1 Å². The first kappa shape index (κ1) is 17.7. The van der Waals surface area contributed by atoms with E-state index in [-0.39, 0.29) is 30.0 Å². The molecule has 3 aliphatic heterocycles. The van der Waals surface area contributed by atoms with Gasteiger partial charge in [-0.05, 0) is 52.0 Å². The summed E-state index contributed by atoms with van der Waals surface area (Å²) in [5.41, 5.74) is 0. The first-order valence-electron chi connectivity index (χ1n) is 9.50. The Kier molecular flexibility index (Phi) is 5.76. The Bertz CT molecular complexity index is 464. The summed E-state index contributed by atoms with van der Waals surface area (Å²) < 4.78 is 5.58. The van der Waals surface area contributed by atoms with Crippen LogP contribution in [0.25, 0.3) is 0 Å². The highest BCUT2D eigenvalue weighted by Gasteiger charge is 2.41. The van der Waals surface area contributed by atoms with Crippen molar-refractivity contribution in [3.63, 3.8) is 0 Å². The zero-order valence-corrected chi connectivity index (χ0v) is 15.0. The Morgan fingerprint density at radius 3 is 2.58 bits per heavy atom. The van der Waals surface area contributed by atoms with Gasteiger partial charge in [-0.15, -0.1) is 0 Å². The van der Waals surface area contributed by atoms with Gasteiger partial charge in [-0.25, -0.2) is 0 Å². The second-order valence-corrected chi connectivity index (χ2v) is 7.43. The van der Waals surface area contributed by atoms with Crippen molar-refractivity contribution in [1.82, 2.24) is 15.1 Å². The van der Waals surface area contributed by atoms with E-state index in [9.17, 15) is 9.59 Å². The number of ether oxygens (including phenoxy) is 1. The van der Waals surface area contributed by atoms with E-state index in [0.717, 1.165) is 58.2 Å². The van der Waals surface area contributed by atoms with Gasteiger partial charge in [0.2, 0.25) is 11.8 Å². The van der Waals surface area contributed by atoms with Crippen LogP contribution in [0.1, 0.15) is 52.4 Å². The van der Waals surface area contributed by atoms with Crippen LogP contribution in [0.4, 0.5) is 0 Å². The molecule has 1 N–H and O–H groups in total. The number of carbonyl (C=O) groups excluding carboxylic acids is 2. The molecule has 6 nitrogen and oxygen atoms in total. The van der Waals surface area contributed by atoms with Crippen LogP contribution in [-0.2, 0) is 14.3 Å². The summed E-state index contributed by atoms with van der Waals surface area (Å²) in [4.78, 5) is 28.8. The van der Waals surface area contributed by atoms with Crippen molar-refractivity contribution < 1.29 is 14.3 Å². The Hall–Kier alpha value is -1.14. The van der Waals surface area contributed by atoms with Gasteiger partial charge in [0.15, 0.2) is 0 Å². The maximum atomic E-state index is 12.6. The largest absolute Gasteiger partial charge is 0.376 e. The number of hydrogen-bond acceptors (Lipinski definition) is 4. The third-order valence-corrected chi connectivity index (χ3v) is 5.89. The summed E-state index contributed by atoms with van der Waals surface area (Å²) in [6.45, 7) is 6.90. The number of rotatable bonds is 5. The van der Waals surface area contributed by atoms with Gasteiger partial charge in [-0.2, -0.15) is 0 Å². The molecule has 6 heteroatoms. The lowest BCUT2D eigenvalue weighted by Gasteiger charge is -2.37. The normalized spacial score (nSPS) is 32.2. The summed E-state index contributed by atoms with van der Waals surface area (Å²) in [5.74, 6) is 0.254. The molecule has 3 fully saturated rings. The minimum absolute atomic E-state index is 0.0878. The molecule has 4 atom stereocenters. The van der Waals surface area contributed by atoms with E-state index >= 15 is 0 Å². The SMILES string of the molecule is CC(=O)N1CCC[C@@H]1[C@@H]1CCCN1[C@H](C)C(=O)NC[C@H]1CCCO1. The highest BCUT2D eigenvalue weighted by molar-refractivity contribution is 5.81. The maximum Gasteiger partial charge on any atom is 0.237 e. The molecule has 3 rings (SSSR count). The van der Waals surface area contributed by atoms with Crippen molar-refractivity contribution in [2.24, 2.45) is 0 Å². The second-order valence-electron chi connectivity index (χ2n) is 7.43. The Labute approximate surface area is 144 Å². The Morgan fingerprint density at radius 2 is 1.88 bits per heavy atom. The molecule has 0 spiro atoms. The van der Waals surface area contributed by atoms with E-state index in [0.29, 0.717) is 12.6 Å². The van der Waals surface area contributed by atoms with Gasteiger partial charge < -0.3 is 15.0 Å². The van der Waals surface area contributed by atoms with E-state index in [2.05, 4.69) is 10.2 Å². The molecule has 0 aromatic rings. The van der Waals surface area contributed by atoms with Crippen LogP contribution in [0.2, 0.25) is 0 Å². The third-order valence-electron chi connectivity index (χ3n) is 5.89. The predicted octanol–water partition coefficient (Wildman–Crippen LogP) is 1.15. The predicted molar refractivity (Wildman–Crippen MR) is 91.6 cm³/mol. The molecule has 0 unspecified atom stereocenters. The third kappa shape index (κ3) is 3.75. The minimum Gasteiger partial charge on any atom is -0.376 e. The Morgan fingerprint density at radius 1 is 1.12 bits per heavy atom. The van der Waals surface area contributed by atoms with Crippen molar-refractivity contribution in [3.05, 3.63) is 0 Å². The van der Waals surface area contributed by atoms with Crippen LogP contribution >= 0.6 is 0 Å². The number of amides is 2. The zero-order valence-electron chi connectivity index (χ0n) is 15.0. The molecule has 0 bridgehead atoms. The summed E-state index contributed by atoms with van der Waals surface area (Å²) in [6, 6.07) is 0.451. The molecular weight excluding hydrogens is 306 g/mol. The van der Waals surface area contributed by atoms with Gasteiger partial charge >= 0.3 is 0 Å². The van der Waals surface area contributed by atoms with Crippen LogP contribution in [0, 0.1) is 0 Å². The first-order chi connectivity index (χ1) is 11.6. The smallest absolute Gasteiger partial charge is 0.237 e. The van der Waals surface area contributed by atoms with Crippen molar-refractivity contribution in [1.29, 1.82) is 0 Å². The standard InChI is InChI=1S/C18H31N3O3/c1-13(18(23)19-12-15-6-5-11-24-15)20-9-3-7-16(20)17-8-4-10-21(17)14(2)22/h13,15-17H,3-12H2,1-2H3,(H,19,23)/t13-,15-,16+,17-/m1/s1. The average molecular weight is 337 g/mol. The summed E-state index contributed by atoms with van der Waals surface area (Å²) in [5, 5.41) is 3.06. The van der Waals surface area contributed by atoms with Gasteiger partial charge in [0.1, 0.15) is 0 Å². The quantitative estimate of drug-likeness (QED) is 0.817. The molecule has 3 aliphatic rings. The average Bonchev–Trinajstić information content (AvgIpc) is 3.31. The van der Waals surface area contributed by atoms with Gasteiger partial charge in [0.25, 0.3) is 0 Å². The van der Waals surface area contributed by atoms with Gasteiger partial charge in [0, 0.05) is 38.7 Å². The highest BCUT2D eigenvalue weighted by Crippen LogP contribution is 2.31. The highest BCUT2D eigenvalue weighted by atomic mass is 16.5. The molecule has 3 saturated heterocycles. The summed E-state index contributed by atoms with van der Waals surface area (Å²) >= 11 is 0. The van der Waals surface area contributed by atoms with Crippen LogP contribution in [0.5, 0.6) is 0 Å². The number of nitrogens with one attached hydrogen (secondary N) is 1. The van der Waals surface area contributed by atoms with Crippen LogP contribution < -0.4 is 5.32 Å². The Balaban J connectivity index is 1.57. The van der Waals surface area contributed by atoms with Gasteiger partial charge in [-0.3, -0.25) is 14.5 Å². The second kappa shape index (κ2) is 7.83. The topological polar surface area (TPSA) is 61.9 Å². The minimum atomic E-state index is -0.145. The first-order valence-corrected chi connectivity index (χ1v) is 9.50. The van der Waals surface area contributed by atoms with Crippen molar-refractivity contribution in [2.75, 3.05) is 26.2 Å². The maximum absolute atomic E-state index is 12.6. The van der Waals surface area contributed by atoms with E-state index in [1.807, 2.05) is 11.8 Å². The molecule has 136 valence electrons. The molecule has 0 aromatic carbocycles. The van der Waals surface area contributed by atoms with Crippen molar-refractivity contribution >= 4 is 11.8 Å². The monoisotopic (exact) mass is 337 g/mol. The number of likely N-dealkylation sites (tertiary alicyclic amines) is 2. The van der Waals surface area contributed by atoms with Gasteiger partial charge in [0.05, 0.1) is 12.1 Å². The molecule has 24 heavy (non-hydrogen) atoms. The fraction of sp³-hybridized carbons (Fsp3) is 0.889. The van der Waals surface area contributed by atoms with Crippen molar-refractivity contribution in [3.8, 4) is 0 Å². The fourth-order valence-corrected chi connectivity index (χ4v) is 4.61. The lowest BCUT2D eigenvalue weighted by Crippen LogP contribution is -2.54. The van der Waals surface area contributed by atoms with Crippen LogP contribution in [0.15, 0.2) is 0 Å². The molecule has 0 aromatic heterocycles. The molecule has 2 amide bonds. The number of hydrogen-bond donors (Lipinski definition) is 1. The molecule has 0 aliphatic carbocycles. The lowest BCUT2D eigenvalue weighted by molar-refractivity contribution is -0.131. The fourth-order valence-electron chi connectivity index (χ4n) is 4.61. The summed E-state index contributed by atoms with van der Waals surface area (Å²) in [7, 11) is 0. The van der Waals surface area contributed by atoms with Crippen LogP contribution in [0.3, 0.4) is 0 Å². The molecular formula is C18H31N3O3. The molecule has 3 heterocycles. The van der Waals surface area contributed by atoms with E-state index in [1.54, 1.807) is 6.92 Å². The lowest BCUT2D eigenvalue weighted by atomic mass is 10.0. The molecule has 0 radical (unpaired) electrons. The zero-order chi connectivity index (χ0) is 17.1. The van der Waals surface area contributed by atoms with E-state index in [1.165, 1.54) is 0 Å². The summed E-state index contributed by atoms with van der Waals surface area (Å²) in [6.07, 6.45) is 6.63. The number of carbonyl (C=O) groups is 2. The van der Waals surface area contributed by atoms with Crippen molar-refractivity contribution in [2.45, 2.75) is 76.6 Å². The van der Waals surface area contributed by atoms with Gasteiger partial charge in [-0.1, -0.05) is 0 Å².